The van der Waals surface area contributed by atoms with E-state index in [1.54, 1.807) is 7.05 Å². The summed E-state index contributed by atoms with van der Waals surface area (Å²) < 4.78 is 22.7. The summed E-state index contributed by atoms with van der Waals surface area (Å²) in [7, 11) is -1.25. The normalized spacial score (nSPS) is 13.3. The van der Waals surface area contributed by atoms with Gasteiger partial charge < -0.3 is 10.6 Å². The fraction of sp³-hybridized carbons (Fsp3) is 0.381. The molecule has 1 atom stereocenters. The highest BCUT2D eigenvalue weighted by Gasteiger charge is 2.07. The van der Waals surface area contributed by atoms with Crippen molar-refractivity contribution in [3.8, 4) is 0 Å². The first kappa shape index (κ1) is 21.0. The molecule has 5 nitrogen and oxygen atoms in total. The molecule has 2 aromatic rings. The number of sulfone groups is 1. The lowest BCUT2D eigenvalue weighted by atomic mass is 10.0. The molecule has 146 valence electrons. The van der Waals surface area contributed by atoms with E-state index in [4.69, 9.17) is 0 Å². The lowest BCUT2D eigenvalue weighted by Crippen LogP contribution is -2.38. The monoisotopic (exact) mass is 387 g/mol. The van der Waals surface area contributed by atoms with Crippen LogP contribution in [0.15, 0.2) is 53.5 Å². The van der Waals surface area contributed by atoms with Crippen molar-refractivity contribution in [2.24, 2.45) is 4.99 Å². The average Bonchev–Trinajstić information content (AvgIpc) is 2.62. The highest BCUT2D eigenvalue weighted by Crippen LogP contribution is 2.14. The van der Waals surface area contributed by atoms with Gasteiger partial charge in [0.2, 0.25) is 0 Å². The van der Waals surface area contributed by atoms with E-state index in [-0.39, 0.29) is 5.75 Å². The Morgan fingerprint density at radius 1 is 1.00 bits per heavy atom. The Morgan fingerprint density at radius 3 is 2.15 bits per heavy atom. The summed E-state index contributed by atoms with van der Waals surface area (Å²) in [5, 5.41) is 6.64. The summed E-state index contributed by atoms with van der Waals surface area (Å²) >= 11 is 0. The second kappa shape index (κ2) is 9.55. The van der Waals surface area contributed by atoms with Crippen LogP contribution in [0.3, 0.4) is 0 Å². The van der Waals surface area contributed by atoms with Gasteiger partial charge in [-0.05, 0) is 29.5 Å². The molecule has 0 radical (unpaired) electrons. The largest absolute Gasteiger partial charge is 0.356 e. The predicted molar refractivity (Wildman–Crippen MR) is 113 cm³/mol. The molecule has 2 aromatic carbocycles. The van der Waals surface area contributed by atoms with Crippen LogP contribution in [0.1, 0.15) is 35.1 Å². The van der Waals surface area contributed by atoms with Gasteiger partial charge in [-0.1, -0.05) is 61.0 Å². The number of nitrogens with one attached hydrogen (secondary N) is 2. The molecule has 6 heteroatoms. The summed E-state index contributed by atoms with van der Waals surface area (Å²) in [6, 6.07) is 16.2. The highest BCUT2D eigenvalue weighted by molar-refractivity contribution is 7.89. The molecule has 0 aliphatic carbocycles. The molecule has 0 bridgehead atoms. The number of aryl methyl sites for hydroxylation is 1. The van der Waals surface area contributed by atoms with Crippen molar-refractivity contribution in [3.05, 3.63) is 70.8 Å². The topological polar surface area (TPSA) is 70.6 Å². The number of aliphatic imine (C=N–C) groups is 1. The van der Waals surface area contributed by atoms with Crippen LogP contribution in [0.4, 0.5) is 0 Å². The second-order valence-electron chi connectivity index (χ2n) is 7.00. The van der Waals surface area contributed by atoms with Gasteiger partial charge in [0.25, 0.3) is 0 Å². The van der Waals surface area contributed by atoms with Gasteiger partial charge in [-0.25, -0.2) is 8.42 Å². The number of rotatable bonds is 7. The van der Waals surface area contributed by atoms with E-state index in [1.807, 2.05) is 24.3 Å². The molecule has 0 amide bonds. The second-order valence-corrected chi connectivity index (χ2v) is 9.15. The minimum atomic E-state index is -3.01. The fourth-order valence-corrected chi connectivity index (χ4v) is 3.52. The minimum absolute atomic E-state index is 0.0703. The van der Waals surface area contributed by atoms with E-state index < -0.39 is 9.84 Å². The molecule has 0 spiro atoms. The van der Waals surface area contributed by atoms with Crippen LogP contribution in [0.25, 0.3) is 0 Å². The van der Waals surface area contributed by atoms with E-state index in [2.05, 4.69) is 53.7 Å². The molecule has 0 saturated carbocycles. The quantitative estimate of drug-likeness (QED) is 0.566. The van der Waals surface area contributed by atoms with Crippen molar-refractivity contribution < 1.29 is 8.42 Å². The summed E-state index contributed by atoms with van der Waals surface area (Å²) in [6.45, 7) is 5.69. The van der Waals surface area contributed by atoms with E-state index in [1.165, 1.54) is 17.4 Å². The molecular formula is C21H29N3O2S. The third-order valence-electron chi connectivity index (χ3n) is 4.36. The Hall–Kier alpha value is -2.34. The fourth-order valence-electron chi connectivity index (χ4n) is 2.73. The molecule has 1 unspecified atom stereocenters. The zero-order chi connectivity index (χ0) is 19.9. The maximum Gasteiger partial charge on any atom is 0.191 e. The Morgan fingerprint density at radius 2 is 1.59 bits per heavy atom. The molecule has 0 aliphatic rings. The van der Waals surface area contributed by atoms with E-state index in [0.29, 0.717) is 12.5 Å². The molecule has 27 heavy (non-hydrogen) atoms. The number of hydrogen-bond donors (Lipinski definition) is 2. The molecule has 2 rings (SSSR count). The van der Waals surface area contributed by atoms with Crippen LogP contribution in [0, 0.1) is 6.92 Å². The van der Waals surface area contributed by atoms with Crippen LogP contribution < -0.4 is 10.6 Å². The lowest BCUT2D eigenvalue weighted by molar-refractivity contribution is 0.601. The van der Waals surface area contributed by atoms with Crippen molar-refractivity contribution in [2.45, 2.75) is 32.1 Å². The van der Waals surface area contributed by atoms with Gasteiger partial charge in [0.05, 0.1) is 5.75 Å². The Balaban J connectivity index is 1.83. The van der Waals surface area contributed by atoms with Gasteiger partial charge in [-0.2, -0.15) is 0 Å². The van der Waals surface area contributed by atoms with Crippen molar-refractivity contribution >= 4 is 15.8 Å². The summed E-state index contributed by atoms with van der Waals surface area (Å²) in [5.74, 6) is 1.19. The Bertz CT molecular complexity index is 857. The molecule has 2 N–H and O–H groups in total. The van der Waals surface area contributed by atoms with Gasteiger partial charge in [0, 0.05) is 26.4 Å². The molecule has 0 aliphatic heterocycles. The average molecular weight is 388 g/mol. The number of hydrogen-bond acceptors (Lipinski definition) is 3. The third kappa shape index (κ3) is 7.43. The Kier molecular flexibility index (Phi) is 7.42. The van der Waals surface area contributed by atoms with E-state index in [9.17, 15) is 8.42 Å². The first-order valence-electron chi connectivity index (χ1n) is 9.03. The SMILES string of the molecule is CN=C(NCc1ccc(CS(C)(=O)=O)cc1)NCC(C)c1ccc(C)cc1. The molecular weight excluding hydrogens is 358 g/mol. The van der Waals surface area contributed by atoms with E-state index in [0.717, 1.165) is 23.6 Å². The zero-order valence-electron chi connectivity index (χ0n) is 16.5. The van der Waals surface area contributed by atoms with Gasteiger partial charge in [-0.15, -0.1) is 0 Å². The summed E-state index contributed by atoms with van der Waals surface area (Å²) in [4.78, 5) is 4.26. The van der Waals surface area contributed by atoms with Crippen LogP contribution in [-0.2, 0) is 22.1 Å². The van der Waals surface area contributed by atoms with Crippen molar-refractivity contribution in [1.82, 2.24) is 10.6 Å². The molecule has 0 fully saturated rings. The maximum atomic E-state index is 11.3. The molecule has 0 aromatic heterocycles. The van der Waals surface area contributed by atoms with Gasteiger partial charge in [-0.3, -0.25) is 4.99 Å². The van der Waals surface area contributed by atoms with Gasteiger partial charge >= 0.3 is 0 Å². The Labute approximate surface area is 162 Å². The first-order valence-corrected chi connectivity index (χ1v) is 11.1. The van der Waals surface area contributed by atoms with Crippen LogP contribution in [-0.4, -0.2) is 34.2 Å². The van der Waals surface area contributed by atoms with Gasteiger partial charge in [0.15, 0.2) is 15.8 Å². The lowest BCUT2D eigenvalue weighted by Gasteiger charge is -2.16. The standard InChI is InChI=1S/C21H29N3O2S/c1-16-5-11-20(12-6-16)17(2)13-23-21(22-3)24-14-18-7-9-19(10-8-18)15-27(4,25)26/h5-12,17H,13-15H2,1-4H3,(H2,22,23,24). The summed E-state index contributed by atoms with van der Waals surface area (Å²) in [6.07, 6.45) is 1.25. The predicted octanol–water partition coefficient (Wildman–Crippen LogP) is 3.01. The number of guanidine groups is 1. The number of benzene rings is 2. The minimum Gasteiger partial charge on any atom is -0.356 e. The third-order valence-corrected chi connectivity index (χ3v) is 5.22. The van der Waals surface area contributed by atoms with Gasteiger partial charge in [0.1, 0.15) is 0 Å². The van der Waals surface area contributed by atoms with Crippen molar-refractivity contribution in [3.63, 3.8) is 0 Å². The first-order chi connectivity index (χ1) is 12.8. The summed E-state index contributed by atoms with van der Waals surface area (Å²) in [5.41, 5.74) is 4.43. The van der Waals surface area contributed by atoms with E-state index >= 15 is 0 Å². The molecule has 0 saturated heterocycles. The van der Waals surface area contributed by atoms with Crippen LogP contribution in [0.5, 0.6) is 0 Å². The molecule has 0 heterocycles. The maximum absolute atomic E-state index is 11.3. The highest BCUT2D eigenvalue weighted by atomic mass is 32.2. The van der Waals surface area contributed by atoms with Crippen molar-refractivity contribution in [1.29, 1.82) is 0 Å². The van der Waals surface area contributed by atoms with Crippen molar-refractivity contribution in [2.75, 3.05) is 19.8 Å². The smallest absolute Gasteiger partial charge is 0.191 e. The zero-order valence-corrected chi connectivity index (χ0v) is 17.3. The van der Waals surface area contributed by atoms with Crippen LogP contribution in [0.2, 0.25) is 0 Å². The number of nitrogens with zero attached hydrogens (tertiary/aromatic N) is 1. The van der Waals surface area contributed by atoms with Crippen LogP contribution >= 0.6 is 0 Å².